The zero-order valence-electron chi connectivity index (χ0n) is 12.0. The van der Waals surface area contributed by atoms with Crippen molar-refractivity contribution in [2.24, 2.45) is 0 Å². The fourth-order valence-corrected chi connectivity index (χ4v) is 2.95. The lowest BCUT2D eigenvalue weighted by Crippen LogP contribution is -2.42. The van der Waals surface area contributed by atoms with Crippen LogP contribution in [0.15, 0.2) is 12.1 Å². The van der Waals surface area contributed by atoms with Gasteiger partial charge < -0.3 is 10.4 Å². The molecule has 0 amide bonds. The van der Waals surface area contributed by atoms with Crippen LogP contribution in [-0.2, 0) is 4.79 Å². The minimum atomic E-state index is -0.844. The van der Waals surface area contributed by atoms with Crippen LogP contribution in [0, 0.1) is 17.0 Å². The highest BCUT2D eigenvalue weighted by Crippen LogP contribution is 2.34. The van der Waals surface area contributed by atoms with Gasteiger partial charge in [0.2, 0.25) is 0 Å². The molecule has 0 aliphatic heterocycles. The monoisotopic (exact) mass is 293 g/mol. The average molecular weight is 293 g/mol. The summed E-state index contributed by atoms with van der Waals surface area (Å²) in [5, 5.41) is 23.1. The number of pyridine rings is 1. The standard InChI is InChI=1S/C14H19N3O4/c1-10-11(17(20)21)5-6-12(15-10)16-14(9-13(18)19)7-3-2-4-8-14/h5-6H,2-4,7-9H2,1H3,(H,15,16)(H,18,19). The normalized spacial score (nSPS) is 17.2. The number of nitrogens with one attached hydrogen (secondary N) is 1. The molecule has 114 valence electrons. The molecule has 21 heavy (non-hydrogen) atoms. The van der Waals surface area contributed by atoms with Crippen LogP contribution in [-0.4, -0.2) is 26.5 Å². The SMILES string of the molecule is Cc1nc(NC2(CC(=O)O)CCCCC2)ccc1[N+](=O)[O-]. The Balaban J connectivity index is 2.22. The predicted molar refractivity (Wildman–Crippen MR) is 77.3 cm³/mol. The number of aliphatic carboxylic acids is 1. The third-order valence-corrected chi connectivity index (χ3v) is 3.95. The molecule has 2 N–H and O–H groups in total. The van der Waals surface area contributed by atoms with Crippen molar-refractivity contribution in [3.05, 3.63) is 27.9 Å². The van der Waals surface area contributed by atoms with E-state index in [-0.39, 0.29) is 12.1 Å². The molecule has 0 unspecified atom stereocenters. The maximum Gasteiger partial charge on any atom is 0.305 e. The predicted octanol–water partition coefficient (Wildman–Crippen LogP) is 2.89. The fraction of sp³-hybridized carbons (Fsp3) is 0.571. The van der Waals surface area contributed by atoms with E-state index in [2.05, 4.69) is 10.3 Å². The number of carbonyl (C=O) groups is 1. The van der Waals surface area contributed by atoms with E-state index in [9.17, 15) is 14.9 Å². The van der Waals surface area contributed by atoms with Crippen molar-refractivity contribution in [1.29, 1.82) is 0 Å². The fourth-order valence-electron chi connectivity index (χ4n) is 2.95. The van der Waals surface area contributed by atoms with Crippen LogP contribution in [0.4, 0.5) is 11.5 Å². The van der Waals surface area contributed by atoms with Crippen molar-refractivity contribution in [2.45, 2.75) is 51.0 Å². The first kappa shape index (κ1) is 15.2. The summed E-state index contributed by atoms with van der Waals surface area (Å²) in [5.41, 5.74) is -0.206. The van der Waals surface area contributed by atoms with Crippen LogP contribution in [0.2, 0.25) is 0 Å². The molecule has 1 aliphatic rings. The molecule has 1 aromatic rings. The van der Waals surface area contributed by atoms with Crippen LogP contribution in [0.3, 0.4) is 0 Å². The van der Waals surface area contributed by atoms with Gasteiger partial charge in [0.15, 0.2) is 0 Å². The Morgan fingerprint density at radius 3 is 2.62 bits per heavy atom. The van der Waals surface area contributed by atoms with Gasteiger partial charge in [0.05, 0.1) is 11.3 Å². The van der Waals surface area contributed by atoms with E-state index in [0.717, 1.165) is 32.1 Å². The van der Waals surface area contributed by atoms with Gasteiger partial charge >= 0.3 is 5.97 Å². The summed E-state index contributed by atoms with van der Waals surface area (Å²) < 4.78 is 0. The van der Waals surface area contributed by atoms with E-state index >= 15 is 0 Å². The molecule has 0 radical (unpaired) electrons. The van der Waals surface area contributed by atoms with Crippen LogP contribution < -0.4 is 5.32 Å². The number of hydrogen-bond acceptors (Lipinski definition) is 5. The molecule has 7 heteroatoms. The highest BCUT2D eigenvalue weighted by atomic mass is 16.6. The Kier molecular flexibility index (Phi) is 4.40. The van der Waals surface area contributed by atoms with Gasteiger partial charge in [-0.3, -0.25) is 14.9 Å². The maximum absolute atomic E-state index is 11.1. The summed E-state index contributed by atoms with van der Waals surface area (Å²) in [6.07, 6.45) is 4.65. The third-order valence-electron chi connectivity index (χ3n) is 3.95. The third kappa shape index (κ3) is 3.68. The van der Waals surface area contributed by atoms with E-state index in [1.54, 1.807) is 13.0 Å². The number of nitrogens with zero attached hydrogens (tertiary/aromatic N) is 2. The van der Waals surface area contributed by atoms with Gasteiger partial charge in [-0.15, -0.1) is 0 Å². The molecule has 1 aromatic heterocycles. The van der Waals surface area contributed by atoms with E-state index in [1.807, 2.05) is 0 Å². The van der Waals surface area contributed by atoms with E-state index < -0.39 is 16.4 Å². The lowest BCUT2D eigenvalue weighted by Gasteiger charge is -2.37. The number of nitro groups is 1. The van der Waals surface area contributed by atoms with Crippen LogP contribution in [0.1, 0.15) is 44.2 Å². The zero-order valence-corrected chi connectivity index (χ0v) is 12.0. The van der Waals surface area contributed by atoms with Crippen molar-refractivity contribution < 1.29 is 14.8 Å². The maximum atomic E-state index is 11.1. The molecule has 1 aliphatic carbocycles. The molecular formula is C14H19N3O4. The number of rotatable bonds is 5. The summed E-state index contributed by atoms with van der Waals surface area (Å²) >= 11 is 0. The second kappa shape index (κ2) is 6.07. The molecule has 0 bridgehead atoms. The zero-order chi connectivity index (χ0) is 15.5. The van der Waals surface area contributed by atoms with E-state index in [0.29, 0.717) is 11.5 Å². The van der Waals surface area contributed by atoms with Gasteiger partial charge in [-0.05, 0) is 25.8 Å². The summed E-state index contributed by atoms with van der Waals surface area (Å²) in [6, 6.07) is 2.95. The van der Waals surface area contributed by atoms with Gasteiger partial charge in [-0.1, -0.05) is 19.3 Å². The molecular weight excluding hydrogens is 274 g/mol. The minimum Gasteiger partial charge on any atom is -0.481 e. The van der Waals surface area contributed by atoms with Gasteiger partial charge in [-0.2, -0.15) is 0 Å². The average Bonchev–Trinajstić information content (AvgIpc) is 2.38. The molecule has 2 rings (SSSR count). The highest BCUT2D eigenvalue weighted by Gasteiger charge is 2.34. The van der Waals surface area contributed by atoms with Crippen LogP contribution in [0.5, 0.6) is 0 Å². The number of carboxylic acid groups (broad SMARTS) is 1. The number of hydrogen-bond donors (Lipinski definition) is 2. The largest absolute Gasteiger partial charge is 0.481 e. The number of carboxylic acids is 1. The lowest BCUT2D eigenvalue weighted by molar-refractivity contribution is -0.385. The van der Waals surface area contributed by atoms with Gasteiger partial charge in [0, 0.05) is 11.6 Å². The smallest absolute Gasteiger partial charge is 0.305 e. The van der Waals surface area contributed by atoms with E-state index in [4.69, 9.17) is 5.11 Å². The first-order valence-electron chi connectivity index (χ1n) is 7.04. The first-order chi connectivity index (χ1) is 9.92. The number of aryl methyl sites for hydroxylation is 1. The molecule has 0 spiro atoms. The Hall–Kier alpha value is -2.18. The van der Waals surface area contributed by atoms with Crippen molar-refractivity contribution in [3.63, 3.8) is 0 Å². The minimum absolute atomic E-state index is 0.0310. The molecule has 0 saturated heterocycles. The Morgan fingerprint density at radius 1 is 1.43 bits per heavy atom. The van der Waals surface area contributed by atoms with E-state index in [1.165, 1.54) is 6.07 Å². The van der Waals surface area contributed by atoms with Crippen LogP contribution in [0.25, 0.3) is 0 Å². The molecule has 0 atom stereocenters. The van der Waals surface area contributed by atoms with Crippen molar-refractivity contribution in [3.8, 4) is 0 Å². The molecule has 1 heterocycles. The van der Waals surface area contributed by atoms with Gasteiger partial charge in [0.25, 0.3) is 5.69 Å². The van der Waals surface area contributed by atoms with Gasteiger partial charge in [-0.25, -0.2) is 4.98 Å². The lowest BCUT2D eigenvalue weighted by atomic mass is 9.79. The second-order valence-electron chi connectivity index (χ2n) is 5.59. The van der Waals surface area contributed by atoms with Crippen LogP contribution >= 0.6 is 0 Å². The molecule has 1 saturated carbocycles. The van der Waals surface area contributed by atoms with Gasteiger partial charge in [0.1, 0.15) is 11.5 Å². The first-order valence-corrected chi connectivity index (χ1v) is 7.04. The van der Waals surface area contributed by atoms with Crippen molar-refractivity contribution in [2.75, 3.05) is 5.32 Å². The summed E-state index contributed by atoms with van der Waals surface area (Å²) in [6.45, 7) is 1.58. The molecule has 1 fully saturated rings. The molecule has 7 nitrogen and oxygen atoms in total. The Labute approximate surface area is 122 Å². The molecule has 0 aromatic carbocycles. The summed E-state index contributed by atoms with van der Waals surface area (Å²) in [7, 11) is 0. The topological polar surface area (TPSA) is 105 Å². The second-order valence-corrected chi connectivity index (χ2v) is 5.59. The summed E-state index contributed by atoms with van der Waals surface area (Å²) in [4.78, 5) is 25.6. The van der Waals surface area contributed by atoms with Crippen molar-refractivity contribution >= 4 is 17.5 Å². The highest BCUT2D eigenvalue weighted by molar-refractivity contribution is 5.69. The Bertz CT molecular complexity index is 553. The Morgan fingerprint density at radius 2 is 2.10 bits per heavy atom. The number of aromatic nitrogens is 1. The van der Waals surface area contributed by atoms with Crippen molar-refractivity contribution in [1.82, 2.24) is 4.98 Å². The quantitative estimate of drug-likeness (QED) is 0.638. The number of anilines is 1. The summed E-state index contributed by atoms with van der Waals surface area (Å²) in [5.74, 6) is -0.343.